The van der Waals surface area contributed by atoms with Gasteiger partial charge in [-0.1, -0.05) is 18.2 Å². The molecule has 1 heterocycles. The number of hydrogen-bond donors (Lipinski definition) is 1. The van der Waals surface area contributed by atoms with Gasteiger partial charge in [0, 0.05) is 18.1 Å². The van der Waals surface area contributed by atoms with Gasteiger partial charge in [0.25, 0.3) is 0 Å². The van der Waals surface area contributed by atoms with Crippen molar-refractivity contribution in [3.8, 4) is 0 Å². The fourth-order valence-corrected chi connectivity index (χ4v) is 2.26. The number of rotatable bonds is 3. The molecule has 0 bridgehead atoms. The molecule has 0 atom stereocenters. The van der Waals surface area contributed by atoms with Crippen molar-refractivity contribution in [2.45, 2.75) is 31.1 Å². The van der Waals surface area contributed by atoms with Gasteiger partial charge in [-0.15, -0.1) is 0 Å². The van der Waals surface area contributed by atoms with Crippen molar-refractivity contribution in [3.63, 3.8) is 0 Å². The number of pyridine rings is 1. The summed E-state index contributed by atoms with van der Waals surface area (Å²) in [5.41, 5.74) is -0.0167. The van der Waals surface area contributed by atoms with Crippen molar-refractivity contribution >= 4 is 10.9 Å². The first-order valence-corrected chi connectivity index (χ1v) is 6.16. The van der Waals surface area contributed by atoms with Crippen LogP contribution < -0.4 is 5.32 Å². The molecule has 19 heavy (non-hydrogen) atoms. The van der Waals surface area contributed by atoms with Crippen LogP contribution in [0.1, 0.15) is 18.4 Å². The number of halogens is 3. The topological polar surface area (TPSA) is 24.9 Å². The van der Waals surface area contributed by atoms with Crippen molar-refractivity contribution in [3.05, 3.63) is 42.1 Å². The van der Waals surface area contributed by atoms with E-state index in [1.165, 1.54) is 0 Å². The maximum Gasteiger partial charge on any atom is 0.406 e. The molecule has 0 aliphatic heterocycles. The summed E-state index contributed by atoms with van der Waals surface area (Å²) in [6, 6.07) is 9.23. The molecule has 1 aliphatic rings. The fourth-order valence-electron chi connectivity index (χ4n) is 2.26. The average molecular weight is 266 g/mol. The third-order valence-corrected chi connectivity index (χ3v) is 3.65. The summed E-state index contributed by atoms with van der Waals surface area (Å²) in [5, 5.41) is 3.56. The number of para-hydroxylation sites is 1. The maximum atomic E-state index is 12.8. The molecule has 3 rings (SSSR count). The van der Waals surface area contributed by atoms with E-state index in [9.17, 15) is 13.2 Å². The zero-order chi connectivity index (χ0) is 13.5. The minimum Gasteiger partial charge on any atom is -0.299 e. The summed E-state index contributed by atoms with van der Waals surface area (Å²) in [7, 11) is 0. The molecular formula is C14H13F3N2. The van der Waals surface area contributed by atoms with Crippen molar-refractivity contribution in [1.29, 1.82) is 0 Å². The van der Waals surface area contributed by atoms with E-state index in [4.69, 9.17) is 0 Å². The van der Waals surface area contributed by atoms with Crippen LogP contribution in [0.25, 0.3) is 10.9 Å². The van der Waals surface area contributed by atoms with Crippen LogP contribution in [-0.4, -0.2) is 16.7 Å². The van der Waals surface area contributed by atoms with Crippen LogP contribution >= 0.6 is 0 Å². The average Bonchev–Trinajstić information content (AvgIpc) is 3.17. The molecule has 5 heteroatoms. The largest absolute Gasteiger partial charge is 0.406 e. The van der Waals surface area contributed by atoms with Gasteiger partial charge in [0.05, 0.1) is 5.52 Å². The normalized spacial score (nSPS) is 17.6. The number of alkyl halides is 3. The monoisotopic (exact) mass is 266 g/mol. The lowest BCUT2D eigenvalue weighted by Gasteiger charge is -2.21. The van der Waals surface area contributed by atoms with Crippen molar-refractivity contribution < 1.29 is 13.2 Å². The summed E-state index contributed by atoms with van der Waals surface area (Å²) in [6.45, 7) is 0.211. The Morgan fingerprint density at radius 2 is 1.89 bits per heavy atom. The van der Waals surface area contributed by atoms with Gasteiger partial charge in [0.15, 0.2) is 0 Å². The Morgan fingerprint density at radius 1 is 1.16 bits per heavy atom. The Labute approximate surface area is 108 Å². The molecule has 1 saturated carbocycles. The van der Waals surface area contributed by atoms with Crippen LogP contribution in [0, 0.1) is 0 Å². The second-order valence-corrected chi connectivity index (χ2v) is 4.92. The zero-order valence-electron chi connectivity index (χ0n) is 10.2. The summed E-state index contributed by atoms with van der Waals surface area (Å²) in [4.78, 5) is 4.20. The minimum absolute atomic E-state index is 0.166. The van der Waals surface area contributed by atoms with Gasteiger partial charge in [0.2, 0.25) is 0 Å². The second kappa shape index (κ2) is 4.20. The number of benzene rings is 1. The van der Waals surface area contributed by atoms with Gasteiger partial charge in [-0.25, -0.2) is 0 Å². The number of nitrogens with one attached hydrogen (secondary N) is 1. The number of nitrogens with zero attached hydrogens (tertiary/aromatic N) is 1. The van der Waals surface area contributed by atoms with Crippen molar-refractivity contribution in [1.82, 2.24) is 10.3 Å². The quantitative estimate of drug-likeness (QED) is 0.920. The highest BCUT2D eigenvalue weighted by atomic mass is 19.4. The molecule has 1 N–H and O–H groups in total. The Hall–Kier alpha value is -1.62. The van der Waals surface area contributed by atoms with Crippen LogP contribution in [0.5, 0.6) is 0 Å². The fraction of sp³-hybridized carbons (Fsp3) is 0.357. The number of fused-ring (bicyclic) bond motifs is 1. The Kier molecular flexibility index (Phi) is 2.74. The van der Waals surface area contributed by atoms with E-state index in [1.807, 2.05) is 24.3 Å². The maximum absolute atomic E-state index is 12.8. The molecule has 0 unspecified atom stereocenters. The van der Waals surface area contributed by atoms with Gasteiger partial charge < -0.3 is 0 Å². The lowest BCUT2D eigenvalue weighted by molar-refractivity contribution is -0.166. The predicted octanol–water partition coefficient (Wildman–Crippen LogP) is 3.42. The summed E-state index contributed by atoms with van der Waals surface area (Å²) in [5.74, 6) is 0. The van der Waals surface area contributed by atoms with Crippen molar-refractivity contribution in [2.24, 2.45) is 0 Å². The first-order valence-electron chi connectivity index (χ1n) is 6.16. The number of hydrogen-bond acceptors (Lipinski definition) is 2. The minimum atomic E-state index is -4.17. The molecule has 0 radical (unpaired) electrons. The van der Waals surface area contributed by atoms with E-state index in [0.29, 0.717) is 0 Å². The summed E-state index contributed by atoms with van der Waals surface area (Å²) >= 11 is 0. The smallest absolute Gasteiger partial charge is 0.299 e. The van der Waals surface area contributed by atoms with E-state index < -0.39 is 11.7 Å². The first kappa shape index (κ1) is 12.4. The molecule has 0 amide bonds. The highest BCUT2D eigenvalue weighted by Crippen LogP contribution is 2.49. The first-order chi connectivity index (χ1) is 9.02. The zero-order valence-corrected chi connectivity index (χ0v) is 10.2. The molecule has 0 saturated heterocycles. The molecule has 1 aromatic carbocycles. The Balaban J connectivity index is 1.83. The molecule has 2 nitrogen and oxygen atoms in total. The van der Waals surface area contributed by atoms with Crippen molar-refractivity contribution in [2.75, 3.05) is 0 Å². The molecule has 2 aromatic rings. The van der Waals surface area contributed by atoms with E-state index >= 15 is 0 Å². The molecule has 0 spiro atoms. The third kappa shape index (κ3) is 2.18. The van der Waals surface area contributed by atoms with Gasteiger partial charge in [0.1, 0.15) is 5.54 Å². The van der Waals surface area contributed by atoms with Crippen LogP contribution in [-0.2, 0) is 6.54 Å². The molecular weight excluding hydrogens is 253 g/mol. The highest BCUT2D eigenvalue weighted by Gasteiger charge is 2.62. The molecule has 1 aromatic heterocycles. The van der Waals surface area contributed by atoms with Crippen LogP contribution in [0.4, 0.5) is 13.2 Å². The highest BCUT2D eigenvalue weighted by molar-refractivity contribution is 5.81. The van der Waals surface area contributed by atoms with E-state index in [0.717, 1.165) is 16.5 Å². The van der Waals surface area contributed by atoms with E-state index in [2.05, 4.69) is 10.3 Å². The van der Waals surface area contributed by atoms with Gasteiger partial charge in [-0.05, 0) is 30.5 Å². The Bertz CT molecular complexity index is 598. The Morgan fingerprint density at radius 3 is 2.58 bits per heavy atom. The number of aromatic nitrogens is 1. The SMILES string of the molecule is FC(F)(F)C1(NCc2ccnc3ccccc23)CC1. The molecule has 1 aliphatic carbocycles. The van der Waals surface area contributed by atoms with Gasteiger partial charge in [-0.3, -0.25) is 10.3 Å². The molecule has 1 fully saturated rings. The third-order valence-electron chi connectivity index (χ3n) is 3.65. The van der Waals surface area contributed by atoms with E-state index in [-0.39, 0.29) is 19.4 Å². The van der Waals surface area contributed by atoms with E-state index in [1.54, 1.807) is 12.3 Å². The van der Waals surface area contributed by atoms with Crippen LogP contribution in [0.2, 0.25) is 0 Å². The van der Waals surface area contributed by atoms with Gasteiger partial charge >= 0.3 is 6.18 Å². The van der Waals surface area contributed by atoms with Crippen LogP contribution in [0.3, 0.4) is 0 Å². The lowest BCUT2D eigenvalue weighted by Crippen LogP contribution is -2.44. The predicted molar refractivity (Wildman–Crippen MR) is 66.6 cm³/mol. The lowest BCUT2D eigenvalue weighted by atomic mass is 10.1. The second-order valence-electron chi connectivity index (χ2n) is 4.92. The standard InChI is InChI=1S/C14H13F3N2/c15-14(16,17)13(6-7-13)19-9-10-5-8-18-12-4-2-1-3-11(10)12/h1-5,8,19H,6-7,9H2. The summed E-state index contributed by atoms with van der Waals surface area (Å²) in [6.07, 6.45) is -2.21. The van der Waals surface area contributed by atoms with Gasteiger partial charge in [-0.2, -0.15) is 13.2 Å². The molecule has 100 valence electrons. The van der Waals surface area contributed by atoms with Crippen LogP contribution in [0.15, 0.2) is 36.5 Å². The summed E-state index contributed by atoms with van der Waals surface area (Å²) < 4.78 is 38.5.